The Labute approximate surface area is 122 Å². The van der Waals surface area contributed by atoms with Crippen LogP contribution in [0.3, 0.4) is 0 Å². The minimum atomic E-state index is 0.635. The molecule has 3 nitrogen and oxygen atoms in total. The van der Waals surface area contributed by atoms with Crippen molar-refractivity contribution in [2.75, 3.05) is 11.9 Å². The Balaban J connectivity index is 2.07. The van der Waals surface area contributed by atoms with E-state index in [0.29, 0.717) is 5.92 Å². The average molecular weight is 320 g/mol. The van der Waals surface area contributed by atoms with Gasteiger partial charge in [0.1, 0.15) is 5.82 Å². The summed E-state index contributed by atoms with van der Waals surface area (Å²) < 4.78 is 3.13. The standard InChI is InChI=1S/C15H18BrN3/c1-10(2)8-14-13-6-7-17-15(13)19(18-14)12-5-3-4-11(16)9-12/h3-5,9-10,17H,6-8H2,1-2H3. The molecule has 3 rings (SSSR count). The summed E-state index contributed by atoms with van der Waals surface area (Å²) >= 11 is 3.53. The van der Waals surface area contributed by atoms with Crippen molar-refractivity contribution >= 4 is 21.7 Å². The second-order valence-electron chi connectivity index (χ2n) is 5.44. The number of benzene rings is 1. The van der Waals surface area contributed by atoms with Gasteiger partial charge in [-0.3, -0.25) is 0 Å². The number of fused-ring (bicyclic) bond motifs is 1. The Hall–Kier alpha value is -1.29. The Morgan fingerprint density at radius 3 is 3.00 bits per heavy atom. The van der Waals surface area contributed by atoms with Gasteiger partial charge in [0.25, 0.3) is 0 Å². The molecule has 100 valence electrons. The molecule has 2 heterocycles. The van der Waals surface area contributed by atoms with E-state index in [4.69, 9.17) is 5.10 Å². The summed E-state index contributed by atoms with van der Waals surface area (Å²) in [5, 5.41) is 8.28. The second kappa shape index (κ2) is 5.00. The van der Waals surface area contributed by atoms with Crippen molar-refractivity contribution in [2.45, 2.75) is 26.7 Å². The van der Waals surface area contributed by atoms with Crippen molar-refractivity contribution in [1.82, 2.24) is 9.78 Å². The molecular formula is C15H18BrN3. The first-order valence-corrected chi connectivity index (χ1v) is 7.55. The van der Waals surface area contributed by atoms with E-state index in [1.54, 1.807) is 0 Å². The van der Waals surface area contributed by atoms with Gasteiger partial charge in [0.05, 0.1) is 11.4 Å². The fourth-order valence-corrected chi connectivity index (χ4v) is 2.98. The van der Waals surface area contributed by atoms with Gasteiger partial charge in [0.15, 0.2) is 0 Å². The van der Waals surface area contributed by atoms with Gasteiger partial charge in [-0.15, -0.1) is 0 Å². The molecule has 1 aliphatic heterocycles. The van der Waals surface area contributed by atoms with Crippen LogP contribution in [-0.2, 0) is 12.8 Å². The lowest BCUT2D eigenvalue weighted by Crippen LogP contribution is -2.06. The van der Waals surface area contributed by atoms with E-state index in [0.717, 1.165) is 29.5 Å². The number of aromatic nitrogens is 2. The highest BCUT2D eigenvalue weighted by Crippen LogP contribution is 2.30. The molecule has 0 radical (unpaired) electrons. The number of hydrogen-bond acceptors (Lipinski definition) is 2. The van der Waals surface area contributed by atoms with Crippen LogP contribution >= 0.6 is 15.9 Å². The van der Waals surface area contributed by atoms with Crippen LogP contribution in [0.5, 0.6) is 0 Å². The van der Waals surface area contributed by atoms with E-state index >= 15 is 0 Å². The number of halogens is 1. The SMILES string of the molecule is CC(C)Cc1nn(-c2cccc(Br)c2)c2c1CCN2. The Bertz CT molecular complexity index is 601. The van der Waals surface area contributed by atoms with Gasteiger partial charge in [-0.2, -0.15) is 5.10 Å². The van der Waals surface area contributed by atoms with E-state index < -0.39 is 0 Å². The zero-order valence-corrected chi connectivity index (χ0v) is 12.9. The van der Waals surface area contributed by atoms with Crippen LogP contribution in [0.15, 0.2) is 28.7 Å². The Morgan fingerprint density at radius 2 is 2.26 bits per heavy atom. The van der Waals surface area contributed by atoms with Gasteiger partial charge in [0, 0.05) is 16.6 Å². The molecule has 0 unspecified atom stereocenters. The summed E-state index contributed by atoms with van der Waals surface area (Å²) in [5.74, 6) is 1.81. The zero-order chi connectivity index (χ0) is 13.4. The van der Waals surface area contributed by atoms with Gasteiger partial charge in [0.2, 0.25) is 0 Å². The third-order valence-electron chi connectivity index (χ3n) is 3.39. The van der Waals surface area contributed by atoms with Crippen LogP contribution in [0.25, 0.3) is 5.69 Å². The summed E-state index contributed by atoms with van der Waals surface area (Å²) in [5.41, 5.74) is 3.75. The van der Waals surface area contributed by atoms with Gasteiger partial charge >= 0.3 is 0 Å². The van der Waals surface area contributed by atoms with Gasteiger partial charge in [-0.05, 0) is 37.0 Å². The molecule has 0 fully saturated rings. The lowest BCUT2D eigenvalue weighted by molar-refractivity contribution is 0.624. The minimum absolute atomic E-state index is 0.635. The first kappa shape index (κ1) is 12.7. The summed E-state index contributed by atoms with van der Waals surface area (Å²) in [7, 11) is 0. The molecule has 0 saturated carbocycles. The van der Waals surface area contributed by atoms with Crippen LogP contribution in [0, 0.1) is 5.92 Å². The molecule has 1 N–H and O–H groups in total. The van der Waals surface area contributed by atoms with Crippen molar-refractivity contribution in [3.8, 4) is 5.69 Å². The summed E-state index contributed by atoms with van der Waals surface area (Å²) in [6.45, 7) is 5.51. The number of nitrogens with zero attached hydrogens (tertiary/aromatic N) is 2. The molecule has 1 aromatic heterocycles. The summed E-state index contributed by atoms with van der Waals surface area (Å²) in [6, 6.07) is 8.28. The molecule has 4 heteroatoms. The third-order valence-corrected chi connectivity index (χ3v) is 3.88. The predicted molar refractivity (Wildman–Crippen MR) is 82.0 cm³/mol. The van der Waals surface area contributed by atoms with Crippen LogP contribution in [0.4, 0.5) is 5.82 Å². The van der Waals surface area contributed by atoms with Crippen LogP contribution in [-0.4, -0.2) is 16.3 Å². The minimum Gasteiger partial charge on any atom is -0.369 e. The summed E-state index contributed by atoms with van der Waals surface area (Å²) in [4.78, 5) is 0. The number of nitrogens with one attached hydrogen (secondary N) is 1. The maximum absolute atomic E-state index is 4.82. The summed E-state index contributed by atoms with van der Waals surface area (Å²) in [6.07, 6.45) is 2.14. The van der Waals surface area contributed by atoms with E-state index in [2.05, 4.69) is 47.2 Å². The Kier molecular flexibility index (Phi) is 3.35. The molecule has 1 aliphatic rings. The Morgan fingerprint density at radius 1 is 1.42 bits per heavy atom. The van der Waals surface area contributed by atoms with Crippen molar-refractivity contribution < 1.29 is 0 Å². The van der Waals surface area contributed by atoms with Crippen LogP contribution < -0.4 is 5.32 Å². The van der Waals surface area contributed by atoms with Gasteiger partial charge in [-0.1, -0.05) is 35.8 Å². The topological polar surface area (TPSA) is 29.9 Å². The lowest BCUT2D eigenvalue weighted by atomic mass is 10.0. The average Bonchev–Trinajstić information content (AvgIpc) is 2.92. The van der Waals surface area contributed by atoms with Crippen molar-refractivity contribution in [3.63, 3.8) is 0 Å². The highest BCUT2D eigenvalue weighted by atomic mass is 79.9. The van der Waals surface area contributed by atoms with E-state index in [1.165, 1.54) is 17.1 Å². The third kappa shape index (κ3) is 2.41. The lowest BCUT2D eigenvalue weighted by Gasteiger charge is -2.07. The molecular weight excluding hydrogens is 302 g/mol. The molecule has 2 aromatic rings. The normalized spacial score (nSPS) is 13.7. The molecule has 0 aliphatic carbocycles. The number of rotatable bonds is 3. The van der Waals surface area contributed by atoms with Gasteiger partial charge < -0.3 is 5.32 Å². The van der Waals surface area contributed by atoms with Crippen LogP contribution in [0.1, 0.15) is 25.1 Å². The molecule has 19 heavy (non-hydrogen) atoms. The molecule has 0 saturated heterocycles. The largest absolute Gasteiger partial charge is 0.369 e. The van der Waals surface area contributed by atoms with E-state index in [9.17, 15) is 0 Å². The fraction of sp³-hybridized carbons (Fsp3) is 0.400. The van der Waals surface area contributed by atoms with Gasteiger partial charge in [-0.25, -0.2) is 4.68 Å². The zero-order valence-electron chi connectivity index (χ0n) is 11.3. The highest BCUT2D eigenvalue weighted by molar-refractivity contribution is 9.10. The van der Waals surface area contributed by atoms with E-state index in [1.807, 2.05) is 16.8 Å². The monoisotopic (exact) mass is 319 g/mol. The maximum atomic E-state index is 4.82. The van der Waals surface area contributed by atoms with Crippen molar-refractivity contribution in [3.05, 3.63) is 40.0 Å². The van der Waals surface area contributed by atoms with Crippen molar-refractivity contribution in [2.24, 2.45) is 5.92 Å². The smallest absolute Gasteiger partial charge is 0.133 e. The molecule has 0 spiro atoms. The maximum Gasteiger partial charge on any atom is 0.133 e. The van der Waals surface area contributed by atoms with Crippen molar-refractivity contribution in [1.29, 1.82) is 0 Å². The molecule has 1 aromatic carbocycles. The number of anilines is 1. The fourth-order valence-electron chi connectivity index (χ4n) is 2.59. The highest BCUT2D eigenvalue weighted by Gasteiger charge is 2.23. The predicted octanol–water partition coefficient (Wildman–Crippen LogP) is 3.80. The number of hydrogen-bond donors (Lipinski definition) is 1. The second-order valence-corrected chi connectivity index (χ2v) is 6.36. The van der Waals surface area contributed by atoms with Crippen LogP contribution in [0.2, 0.25) is 0 Å². The molecule has 0 atom stereocenters. The molecule has 0 amide bonds. The molecule has 0 bridgehead atoms. The van der Waals surface area contributed by atoms with E-state index in [-0.39, 0.29) is 0 Å². The first-order chi connectivity index (χ1) is 9.15. The quantitative estimate of drug-likeness (QED) is 0.932. The first-order valence-electron chi connectivity index (χ1n) is 6.75.